The second kappa shape index (κ2) is 8.36. The molecule has 2 atom stereocenters. The molecule has 0 aliphatic heterocycles. The molecule has 1 aromatic carbocycles. The van der Waals surface area contributed by atoms with Crippen LogP contribution in [0.3, 0.4) is 0 Å². The third-order valence-electron chi connectivity index (χ3n) is 3.92. The number of nitrogens with two attached hydrogens (primary N) is 1. The standard InChI is InChI=1S/C14H19I2NO2.ClH/c15-9-6-10(14(19)11(16)7-9)12(17)13(18)8-4-2-1-3-5-8;/h6-8,12-13,18-19H,1-5,17H2;1H/t12-,13+;/m0./s1. The van der Waals surface area contributed by atoms with Gasteiger partial charge in [-0.05, 0) is 76.1 Å². The summed E-state index contributed by atoms with van der Waals surface area (Å²) in [6.45, 7) is 0. The van der Waals surface area contributed by atoms with E-state index in [1.54, 1.807) is 0 Å². The molecule has 0 unspecified atom stereocenters. The van der Waals surface area contributed by atoms with Crippen LogP contribution >= 0.6 is 57.6 Å². The summed E-state index contributed by atoms with van der Waals surface area (Å²) in [6, 6.07) is 3.26. The van der Waals surface area contributed by atoms with Crippen molar-refractivity contribution in [3.05, 3.63) is 24.8 Å². The molecule has 114 valence electrons. The van der Waals surface area contributed by atoms with E-state index in [1.165, 1.54) is 19.3 Å². The van der Waals surface area contributed by atoms with Gasteiger partial charge in [-0.25, -0.2) is 0 Å². The number of hydrogen-bond donors (Lipinski definition) is 3. The van der Waals surface area contributed by atoms with Crippen molar-refractivity contribution in [2.24, 2.45) is 11.7 Å². The van der Waals surface area contributed by atoms with E-state index in [1.807, 2.05) is 12.1 Å². The molecule has 1 aliphatic carbocycles. The molecule has 1 saturated carbocycles. The number of aliphatic hydroxyl groups is 1. The van der Waals surface area contributed by atoms with Crippen LogP contribution in [0.25, 0.3) is 0 Å². The van der Waals surface area contributed by atoms with Crippen molar-refractivity contribution >= 4 is 57.6 Å². The molecule has 0 radical (unpaired) electrons. The number of phenolic OH excluding ortho intramolecular Hbond substituents is 1. The zero-order valence-corrected chi connectivity index (χ0v) is 16.2. The molecule has 0 bridgehead atoms. The lowest BCUT2D eigenvalue weighted by Gasteiger charge is -2.31. The van der Waals surface area contributed by atoms with Crippen molar-refractivity contribution in [3.8, 4) is 5.75 Å². The molecule has 6 heteroatoms. The first-order valence-corrected chi connectivity index (χ1v) is 8.78. The summed E-state index contributed by atoms with van der Waals surface area (Å²) in [7, 11) is 0. The molecule has 1 fully saturated rings. The Morgan fingerprint density at radius 1 is 1.15 bits per heavy atom. The molecule has 1 aliphatic rings. The second-order valence-electron chi connectivity index (χ2n) is 5.24. The minimum Gasteiger partial charge on any atom is -0.506 e. The molecular formula is C14H20ClI2NO2. The molecule has 0 aromatic heterocycles. The third kappa shape index (κ3) is 4.34. The smallest absolute Gasteiger partial charge is 0.133 e. The molecule has 2 rings (SSSR count). The maximum absolute atomic E-state index is 10.5. The lowest BCUT2D eigenvalue weighted by molar-refractivity contribution is 0.0610. The number of phenols is 1. The largest absolute Gasteiger partial charge is 0.506 e. The normalized spacial score (nSPS) is 19.2. The fourth-order valence-electron chi connectivity index (χ4n) is 2.79. The number of aliphatic hydroxyl groups excluding tert-OH is 1. The maximum atomic E-state index is 10.5. The van der Waals surface area contributed by atoms with Crippen molar-refractivity contribution in [3.63, 3.8) is 0 Å². The van der Waals surface area contributed by atoms with Crippen LogP contribution in [0.15, 0.2) is 12.1 Å². The van der Waals surface area contributed by atoms with Crippen molar-refractivity contribution in [1.82, 2.24) is 0 Å². The van der Waals surface area contributed by atoms with E-state index in [4.69, 9.17) is 5.73 Å². The summed E-state index contributed by atoms with van der Waals surface area (Å²) in [4.78, 5) is 0. The zero-order chi connectivity index (χ0) is 14.0. The van der Waals surface area contributed by atoms with Gasteiger partial charge >= 0.3 is 0 Å². The van der Waals surface area contributed by atoms with Crippen LogP contribution in [-0.2, 0) is 0 Å². The Morgan fingerprint density at radius 2 is 1.75 bits per heavy atom. The van der Waals surface area contributed by atoms with Crippen LogP contribution in [0.5, 0.6) is 5.75 Å². The summed E-state index contributed by atoms with van der Waals surface area (Å²) in [5.41, 5.74) is 6.85. The number of rotatable bonds is 3. The van der Waals surface area contributed by atoms with Crippen molar-refractivity contribution in [2.75, 3.05) is 0 Å². The van der Waals surface area contributed by atoms with Crippen LogP contribution in [0.1, 0.15) is 43.7 Å². The molecule has 0 amide bonds. The fourth-order valence-corrected chi connectivity index (χ4v) is 4.68. The Bertz CT molecular complexity index is 453. The first-order chi connectivity index (χ1) is 9.00. The van der Waals surface area contributed by atoms with Crippen molar-refractivity contribution < 1.29 is 10.2 Å². The highest BCUT2D eigenvalue weighted by Gasteiger charge is 2.29. The number of aromatic hydroxyl groups is 1. The summed E-state index contributed by atoms with van der Waals surface area (Å²) >= 11 is 4.30. The Hall–Kier alpha value is 0.690. The average Bonchev–Trinajstić information content (AvgIpc) is 2.42. The van der Waals surface area contributed by atoms with Crippen LogP contribution in [0.2, 0.25) is 0 Å². The highest BCUT2D eigenvalue weighted by atomic mass is 127. The Kier molecular flexibility index (Phi) is 7.83. The monoisotopic (exact) mass is 523 g/mol. The van der Waals surface area contributed by atoms with Gasteiger partial charge in [-0.15, -0.1) is 12.4 Å². The molecule has 0 saturated heterocycles. The number of halogens is 3. The minimum absolute atomic E-state index is 0. The SMILES string of the molecule is Cl.N[C@@H](c1cc(I)cc(I)c1O)[C@H](O)C1CCCCC1. The summed E-state index contributed by atoms with van der Waals surface area (Å²) in [6.07, 6.45) is 5.10. The second-order valence-corrected chi connectivity index (χ2v) is 7.65. The predicted octanol–water partition coefficient (Wildman–Crippen LogP) is 3.96. The van der Waals surface area contributed by atoms with Gasteiger partial charge in [0.05, 0.1) is 15.7 Å². The molecule has 0 spiro atoms. The minimum atomic E-state index is -0.569. The van der Waals surface area contributed by atoms with E-state index in [0.717, 1.165) is 20.0 Å². The molecule has 4 N–H and O–H groups in total. The Morgan fingerprint density at radius 3 is 2.35 bits per heavy atom. The van der Waals surface area contributed by atoms with Crippen LogP contribution in [0, 0.1) is 13.1 Å². The fraction of sp³-hybridized carbons (Fsp3) is 0.571. The van der Waals surface area contributed by atoms with E-state index < -0.39 is 12.1 Å². The summed E-state index contributed by atoms with van der Waals surface area (Å²) in [5.74, 6) is 0.474. The molecule has 3 nitrogen and oxygen atoms in total. The summed E-state index contributed by atoms with van der Waals surface area (Å²) < 4.78 is 1.81. The molecular weight excluding hydrogens is 503 g/mol. The van der Waals surface area contributed by atoms with E-state index in [0.29, 0.717) is 5.56 Å². The average molecular weight is 524 g/mol. The molecule has 0 heterocycles. The third-order valence-corrected chi connectivity index (χ3v) is 5.36. The van der Waals surface area contributed by atoms with Gasteiger partial charge in [0.25, 0.3) is 0 Å². The van der Waals surface area contributed by atoms with E-state index in [2.05, 4.69) is 45.2 Å². The summed E-state index contributed by atoms with van der Waals surface area (Å²) in [5, 5.41) is 20.6. The Labute approximate surface area is 153 Å². The molecule has 20 heavy (non-hydrogen) atoms. The van der Waals surface area contributed by atoms with E-state index >= 15 is 0 Å². The first kappa shape index (κ1) is 18.7. The van der Waals surface area contributed by atoms with Crippen LogP contribution in [-0.4, -0.2) is 16.3 Å². The van der Waals surface area contributed by atoms with Gasteiger partial charge in [-0.3, -0.25) is 0 Å². The van der Waals surface area contributed by atoms with Crippen LogP contribution < -0.4 is 5.73 Å². The van der Waals surface area contributed by atoms with Gasteiger partial charge < -0.3 is 15.9 Å². The first-order valence-electron chi connectivity index (χ1n) is 6.62. The maximum Gasteiger partial charge on any atom is 0.133 e. The predicted molar refractivity (Wildman–Crippen MR) is 100 cm³/mol. The van der Waals surface area contributed by atoms with E-state index in [-0.39, 0.29) is 24.1 Å². The van der Waals surface area contributed by atoms with Gasteiger partial charge in [-0.2, -0.15) is 0 Å². The highest BCUT2D eigenvalue weighted by molar-refractivity contribution is 14.1. The van der Waals surface area contributed by atoms with Gasteiger partial charge in [0.2, 0.25) is 0 Å². The van der Waals surface area contributed by atoms with Crippen molar-refractivity contribution in [2.45, 2.75) is 44.2 Å². The van der Waals surface area contributed by atoms with Crippen molar-refractivity contribution in [1.29, 1.82) is 0 Å². The Balaban J connectivity index is 0.00000200. The lowest BCUT2D eigenvalue weighted by Crippen LogP contribution is -2.34. The van der Waals surface area contributed by atoms with E-state index in [9.17, 15) is 10.2 Å². The van der Waals surface area contributed by atoms with Gasteiger partial charge in [0.15, 0.2) is 0 Å². The quantitative estimate of drug-likeness (QED) is 0.526. The van der Waals surface area contributed by atoms with Crippen LogP contribution in [0.4, 0.5) is 0 Å². The lowest BCUT2D eigenvalue weighted by atomic mass is 9.81. The van der Waals surface area contributed by atoms with Gasteiger partial charge in [0, 0.05) is 9.13 Å². The zero-order valence-electron chi connectivity index (χ0n) is 11.1. The number of hydrogen-bond acceptors (Lipinski definition) is 3. The highest BCUT2D eigenvalue weighted by Crippen LogP contribution is 2.36. The van der Waals surface area contributed by atoms with Gasteiger partial charge in [-0.1, -0.05) is 19.3 Å². The van der Waals surface area contributed by atoms with Gasteiger partial charge in [0.1, 0.15) is 5.75 Å². The number of benzene rings is 1. The molecule has 1 aromatic rings. The topological polar surface area (TPSA) is 66.5 Å².